The first-order valence-corrected chi connectivity index (χ1v) is 9.55. The molecule has 1 N–H and O–H groups in total. The van der Waals surface area contributed by atoms with Crippen molar-refractivity contribution in [1.29, 1.82) is 0 Å². The lowest BCUT2D eigenvalue weighted by Gasteiger charge is -2.10. The minimum absolute atomic E-state index is 0.0594. The first kappa shape index (κ1) is 19.8. The molecule has 0 radical (unpaired) electrons. The van der Waals surface area contributed by atoms with Gasteiger partial charge in [-0.25, -0.2) is 18.7 Å². The van der Waals surface area contributed by atoms with Crippen LogP contribution in [-0.2, 0) is 6.54 Å². The Morgan fingerprint density at radius 1 is 1.17 bits per heavy atom. The molecule has 0 unspecified atom stereocenters. The van der Waals surface area contributed by atoms with Crippen LogP contribution in [0.25, 0.3) is 5.82 Å². The summed E-state index contributed by atoms with van der Waals surface area (Å²) < 4.78 is 17.0. The molecule has 3 heterocycles. The largest absolute Gasteiger partial charge is 0.307 e. The van der Waals surface area contributed by atoms with Crippen molar-refractivity contribution < 1.29 is 9.18 Å². The highest BCUT2D eigenvalue weighted by Gasteiger charge is 2.12. The third kappa shape index (κ3) is 4.08. The smallest absolute Gasteiger partial charge is 0.258 e. The molecule has 7 nitrogen and oxygen atoms in total. The van der Waals surface area contributed by atoms with Gasteiger partial charge in [0.25, 0.3) is 5.91 Å². The zero-order chi connectivity index (χ0) is 21.3. The fraction of sp³-hybridized carbons (Fsp3) is 0.143. The van der Waals surface area contributed by atoms with Gasteiger partial charge in [0, 0.05) is 18.0 Å². The lowest BCUT2D eigenvalue weighted by molar-refractivity contribution is 0.102. The highest BCUT2D eigenvalue weighted by molar-refractivity contribution is 6.30. The second kappa shape index (κ2) is 8.08. The molecule has 0 aliphatic heterocycles. The molecule has 9 heteroatoms. The molecular formula is C21H18ClFN6O. The van der Waals surface area contributed by atoms with Crippen LogP contribution in [0.15, 0.2) is 54.9 Å². The number of benzene rings is 1. The zero-order valence-corrected chi connectivity index (χ0v) is 17.1. The van der Waals surface area contributed by atoms with E-state index < -0.39 is 5.82 Å². The van der Waals surface area contributed by atoms with Crippen LogP contribution in [0.2, 0.25) is 5.02 Å². The number of aromatic nitrogens is 5. The monoisotopic (exact) mass is 424 g/mol. The zero-order valence-electron chi connectivity index (χ0n) is 16.3. The van der Waals surface area contributed by atoms with Crippen molar-refractivity contribution >= 4 is 23.3 Å². The van der Waals surface area contributed by atoms with Gasteiger partial charge in [-0.1, -0.05) is 17.7 Å². The van der Waals surface area contributed by atoms with E-state index in [1.165, 1.54) is 18.3 Å². The van der Waals surface area contributed by atoms with Crippen molar-refractivity contribution in [2.45, 2.75) is 20.4 Å². The van der Waals surface area contributed by atoms with Gasteiger partial charge in [0.15, 0.2) is 5.82 Å². The Labute approximate surface area is 177 Å². The summed E-state index contributed by atoms with van der Waals surface area (Å²) in [4.78, 5) is 17.0. The van der Waals surface area contributed by atoms with Crippen molar-refractivity contribution in [3.63, 3.8) is 0 Å². The Hall–Kier alpha value is -3.52. The van der Waals surface area contributed by atoms with Gasteiger partial charge in [-0.3, -0.25) is 4.79 Å². The van der Waals surface area contributed by atoms with E-state index in [0.29, 0.717) is 22.8 Å². The van der Waals surface area contributed by atoms with Crippen molar-refractivity contribution in [1.82, 2.24) is 24.5 Å². The van der Waals surface area contributed by atoms with Crippen LogP contribution in [0.1, 0.15) is 27.3 Å². The molecule has 1 aromatic carbocycles. The van der Waals surface area contributed by atoms with E-state index in [1.54, 1.807) is 39.8 Å². The summed E-state index contributed by atoms with van der Waals surface area (Å²) >= 11 is 5.72. The van der Waals surface area contributed by atoms with Crippen molar-refractivity contribution in [3.8, 4) is 5.82 Å². The normalized spacial score (nSPS) is 10.9. The number of pyridine rings is 1. The molecule has 0 spiro atoms. The fourth-order valence-electron chi connectivity index (χ4n) is 3.07. The fourth-order valence-corrected chi connectivity index (χ4v) is 3.19. The van der Waals surface area contributed by atoms with Crippen molar-refractivity contribution in [2.24, 2.45) is 0 Å². The molecule has 4 rings (SSSR count). The van der Waals surface area contributed by atoms with Crippen LogP contribution in [0.5, 0.6) is 0 Å². The Balaban J connectivity index is 1.49. The highest BCUT2D eigenvalue weighted by Crippen LogP contribution is 2.18. The number of halogens is 2. The number of hydrogen-bond donors (Lipinski definition) is 1. The van der Waals surface area contributed by atoms with E-state index >= 15 is 0 Å². The Bertz CT molecular complexity index is 1210. The molecule has 0 saturated carbocycles. The van der Waals surface area contributed by atoms with Crippen LogP contribution in [0, 0.1) is 19.7 Å². The van der Waals surface area contributed by atoms with E-state index in [4.69, 9.17) is 11.6 Å². The molecule has 1 amide bonds. The molecule has 30 heavy (non-hydrogen) atoms. The summed E-state index contributed by atoms with van der Waals surface area (Å²) in [5.74, 6) is 0.289. The second-order valence-electron chi connectivity index (χ2n) is 6.82. The topological polar surface area (TPSA) is 77.6 Å². The van der Waals surface area contributed by atoms with Crippen molar-refractivity contribution in [3.05, 3.63) is 88.2 Å². The SMILES string of the molecule is Cc1cc(C)n(-c2ccc(C(=O)Nc3ccnn3Cc3ccc(Cl)c(F)c3)cn2)n1. The van der Waals surface area contributed by atoms with E-state index in [2.05, 4.69) is 20.5 Å². The second-order valence-corrected chi connectivity index (χ2v) is 7.23. The third-order valence-corrected chi connectivity index (χ3v) is 4.82. The number of hydrogen-bond acceptors (Lipinski definition) is 4. The van der Waals surface area contributed by atoms with E-state index in [9.17, 15) is 9.18 Å². The molecule has 3 aromatic heterocycles. The summed E-state index contributed by atoms with van der Waals surface area (Å²) in [6.45, 7) is 4.13. The van der Waals surface area contributed by atoms with Crippen LogP contribution in [-0.4, -0.2) is 30.5 Å². The summed E-state index contributed by atoms with van der Waals surface area (Å²) in [6.07, 6.45) is 3.06. The van der Waals surface area contributed by atoms with Gasteiger partial charge in [0.2, 0.25) is 0 Å². The summed E-state index contributed by atoms with van der Waals surface area (Å²) in [7, 11) is 0. The number of anilines is 1. The van der Waals surface area contributed by atoms with Gasteiger partial charge in [-0.2, -0.15) is 10.2 Å². The number of nitrogens with zero attached hydrogens (tertiary/aromatic N) is 5. The third-order valence-electron chi connectivity index (χ3n) is 4.51. The van der Waals surface area contributed by atoms with Gasteiger partial charge < -0.3 is 5.32 Å². The van der Waals surface area contributed by atoms with Gasteiger partial charge in [-0.15, -0.1) is 0 Å². The van der Waals surface area contributed by atoms with Gasteiger partial charge in [0.05, 0.1) is 29.0 Å². The molecule has 152 valence electrons. The summed E-state index contributed by atoms with van der Waals surface area (Å²) in [6, 6.07) is 11.6. The molecule has 0 aliphatic carbocycles. The maximum Gasteiger partial charge on any atom is 0.258 e. The molecule has 0 bridgehead atoms. The predicted octanol–water partition coefficient (Wildman–Crippen LogP) is 4.17. The Morgan fingerprint density at radius 3 is 2.67 bits per heavy atom. The molecule has 0 fully saturated rings. The first-order valence-electron chi connectivity index (χ1n) is 9.17. The van der Waals surface area contributed by atoms with Crippen LogP contribution >= 0.6 is 11.6 Å². The Morgan fingerprint density at radius 2 is 2.00 bits per heavy atom. The van der Waals surface area contributed by atoms with Crippen LogP contribution in [0.3, 0.4) is 0 Å². The molecule has 0 saturated heterocycles. The average molecular weight is 425 g/mol. The number of rotatable bonds is 5. The number of nitrogens with one attached hydrogen (secondary N) is 1. The standard InChI is InChI=1S/C21H18ClFN6O/c1-13-9-14(2)29(27-13)19-6-4-16(11-24-19)21(30)26-20-7-8-25-28(20)12-15-3-5-17(22)18(23)10-15/h3-11H,12H2,1-2H3,(H,26,30). The maximum absolute atomic E-state index is 13.7. The van der Waals surface area contributed by atoms with E-state index in [-0.39, 0.29) is 17.5 Å². The average Bonchev–Trinajstić information content (AvgIpc) is 3.30. The molecule has 0 atom stereocenters. The number of carbonyl (C=O) groups excluding carboxylic acids is 1. The highest BCUT2D eigenvalue weighted by atomic mass is 35.5. The minimum atomic E-state index is -0.499. The van der Waals surface area contributed by atoms with E-state index in [0.717, 1.165) is 11.4 Å². The minimum Gasteiger partial charge on any atom is -0.307 e. The van der Waals surface area contributed by atoms with Crippen molar-refractivity contribution in [2.75, 3.05) is 5.32 Å². The Kier molecular flexibility index (Phi) is 5.33. The molecular weight excluding hydrogens is 407 g/mol. The van der Waals surface area contributed by atoms with Gasteiger partial charge in [-0.05, 0) is 49.7 Å². The molecule has 4 aromatic rings. The lowest BCUT2D eigenvalue weighted by atomic mass is 10.2. The first-order chi connectivity index (χ1) is 14.4. The number of aryl methyl sites for hydroxylation is 2. The van der Waals surface area contributed by atoms with Crippen LogP contribution < -0.4 is 5.32 Å². The number of carbonyl (C=O) groups is 1. The quantitative estimate of drug-likeness (QED) is 0.521. The number of amides is 1. The maximum atomic E-state index is 13.7. The summed E-state index contributed by atoms with van der Waals surface area (Å²) in [5, 5.41) is 11.4. The molecule has 0 aliphatic rings. The van der Waals surface area contributed by atoms with Crippen LogP contribution in [0.4, 0.5) is 10.2 Å². The van der Waals surface area contributed by atoms with Gasteiger partial charge in [0.1, 0.15) is 11.6 Å². The predicted molar refractivity (Wildman–Crippen MR) is 112 cm³/mol. The van der Waals surface area contributed by atoms with Gasteiger partial charge >= 0.3 is 0 Å². The lowest BCUT2D eigenvalue weighted by Crippen LogP contribution is -2.16. The van der Waals surface area contributed by atoms with E-state index in [1.807, 2.05) is 19.9 Å². The summed E-state index contributed by atoms with van der Waals surface area (Å²) in [5.41, 5.74) is 2.92.